The molecule has 3 aliphatic rings. The van der Waals surface area contributed by atoms with Crippen molar-refractivity contribution < 1.29 is 14.4 Å². The van der Waals surface area contributed by atoms with Crippen molar-refractivity contribution in [2.75, 3.05) is 38.7 Å². The molecule has 1 aliphatic carbocycles. The molecule has 1 amide bonds. The maximum absolute atomic E-state index is 13.8. The number of hydrogen-bond acceptors (Lipinski definition) is 8. The number of aliphatic imine (C=N–C) groups is 1. The molecule has 6 rings (SSSR count). The molecular weight excluding hydrogens is 624 g/mol. The molecule has 1 saturated carbocycles. The third kappa shape index (κ3) is 9.06. The average molecular weight is 675 g/mol. The summed E-state index contributed by atoms with van der Waals surface area (Å²) in [7, 11) is 2.13. The standard InChI is InChI=1S/C41H50N6O3/c1-27-20-34(38(48)22-30-4-3-19-47(2)25-30)15-18-37(27)31-9-5-28(6-10-31)21-35(23-39(49)32-11-7-29(24-42)8-12-32)41(50)45-36-16-13-33(14-17-36)40-43-26-44-46-40/h5-6,9-10,13-18,20,29-30,32,35H,3-4,7-8,11-12,19,21-26,42H2,1-2H3,(H,45,50)/t29?,30-,32?,35?/m1/s1. The highest BCUT2D eigenvalue weighted by molar-refractivity contribution is 6.01. The van der Waals surface area contributed by atoms with E-state index >= 15 is 0 Å². The number of likely N-dealkylation sites (tertiary alicyclic amines) is 1. The molecule has 2 atom stereocenters. The second kappa shape index (κ2) is 16.6. The van der Waals surface area contributed by atoms with E-state index in [1.807, 2.05) is 42.5 Å². The summed E-state index contributed by atoms with van der Waals surface area (Å²) in [5.74, 6) is 1.18. The summed E-state index contributed by atoms with van der Waals surface area (Å²) >= 11 is 0. The van der Waals surface area contributed by atoms with Crippen molar-refractivity contribution in [1.82, 2.24) is 4.90 Å². The van der Waals surface area contributed by atoms with Gasteiger partial charge in [-0.3, -0.25) is 14.4 Å². The fourth-order valence-electron chi connectivity index (χ4n) is 7.80. The molecule has 0 aromatic heterocycles. The monoisotopic (exact) mass is 674 g/mol. The summed E-state index contributed by atoms with van der Waals surface area (Å²) < 4.78 is 0. The Labute approximate surface area is 295 Å². The maximum Gasteiger partial charge on any atom is 0.228 e. The zero-order valence-corrected chi connectivity index (χ0v) is 29.4. The number of rotatable bonds is 13. The predicted molar refractivity (Wildman–Crippen MR) is 198 cm³/mol. The average Bonchev–Trinajstić information content (AvgIpc) is 3.67. The Morgan fingerprint density at radius 1 is 0.920 bits per heavy atom. The Balaban J connectivity index is 1.13. The molecule has 0 bridgehead atoms. The number of hydrogen-bond donors (Lipinski definition) is 2. The summed E-state index contributed by atoms with van der Waals surface area (Å²) in [5.41, 5.74) is 12.4. The highest BCUT2D eigenvalue weighted by atomic mass is 16.2. The lowest BCUT2D eigenvalue weighted by atomic mass is 9.77. The first kappa shape index (κ1) is 35.5. The van der Waals surface area contributed by atoms with E-state index < -0.39 is 5.92 Å². The lowest BCUT2D eigenvalue weighted by Gasteiger charge is -2.29. The third-order valence-corrected chi connectivity index (χ3v) is 10.8. The first-order valence-electron chi connectivity index (χ1n) is 18.2. The van der Waals surface area contributed by atoms with Crippen LogP contribution in [0.1, 0.15) is 78.4 Å². The molecule has 3 aromatic carbocycles. The third-order valence-electron chi connectivity index (χ3n) is 10.8. The number of Topliss-reactive ketones (excluding diaryl/α,β-unsaturated/α-hetero) is 2. The van der Waals surface area contributed by atoms with Crippen molar-refractivity contribution in [3.05, 3.63) is 89.0 Å². The van der Waals surface area contributed by atoms with Crippen molar-refractivity contribution in [3.63, 3.8) is 0 Å². The first-order valence-corrected chi connectivity index (χ1v) is 18.2. The Morgan fingerprint density at radius 2 is 1.66 bits per heavy atom. The molecule has 1 saturated heterocycles. The van der Waals surface area contributed by atoms with Gasteiger partial charge in [0, 0.05) is 48.0 Å². The van der Waals surface area contributed by atoms with Gasteiger partial charge in [-0.15, -0.1) is 5.11 Å². The summed E-state index contributed by atoms with van der Waals surface area (Å²) in [4.78, 5) is 47.0. The number of aryl methyl sites for hydroxylation is 1. The minimum absolute atomic E-state index is 0.0158. The van der Waals surface area contributed by atoms with E-state index in [9.17, 15) is 14.4 Å². The molecule has 2 aliphatic heterocycles. The number of carbonyl (C=O) groups excluding carboxylic acids is 3. The molecule has 3 N–H and O–H groups in total. The van der Waals surface area contributed by atoms with Gasteiger partial charge in [0.2, 0.25) is 5.91 Å². The van der Waals surface area contributed by atoms with E-state index in [1.54, 1.807) is 0 Å². The van der Waals surface area contributed by atoms with Crippen molar-refractivity contribution in [1.29, 1.82) is 0 Å². The number of nitrogens with two attached hydrogens (primary N) is 1. The van der Waals surface area contributed by atoms with E-state index in [-0.39, 0.29) is 29.8 Å². The zero-order chi connectivity index (χ0) is 35.0. The van der Waals surface area contributed by atoms with Crippen LogP contribution in [0, 0.1) is 30.6 Å². The van der Waals surface area contributed by atoms with Crippen LogP contribution in [0.15, 0.2) is 82.0 Å². The van der Waals surface area contributed by atoms with Crippen molar-refractivity contribution in [3.8, 4) is 11.1 Å². The van der Waals surface area contributed by atoms with Gasteiger partial charge in [0.05, 0.1) is 0 Å². The van der Waals surface area contributed by atoms with Crippen LogP contribution in [0.2, 0.25) is 0 Å². The van der Waals surface area contributed by atoms with Gasteiger partial charge in [-0.05, 0) is 136 Å². The van der Waals surface area contributed by atoms with Gasteiger partial charge in [-0.25, -0.2) is 4.99 Å². The highest BCUT2D eigenvalue weighted by Gasteiger charge is 2.30. The smallest absolute Gasteiger partial charge is 0.228 e. The van der Waals surface area contributed by atoms with Gasteiger partial charge in [0.15, 0.2) is 18.3 Å². The molecule has 3 aromatic rings. The molecule has 50 heavy (non-hydrogen) atoms. The van der Waals surface area contributed by atoms with Gasteiger partial charge in [0.1, 0.15) is 5.78 Å². The van der Waals surface area contributed by atoms with Gasteiger partial charge in [0.25, 0.3) is 0 Å². The van der Waals surface area contributed by atoms with Gasteiger partial charge >= 0.3 is 0 Å². The number of amides is 1. The lowest BCUT2D eigenvalue weighted by Crippen LogP contribution is -2.33. The van der Waals surface area contributed by atoms with E-state index in [1.165, 1.54) is 0 Å². The largest absolute Gasteiger partial charge is 0.330 e. The number of nitrogens with one attached hydrogen (secondary N) is 1. The van der Waals surface area contributed by atoms with Crippen LogP contribution >= 0.6 is 0 Å². The molecule has 2 fully saturated rings. The number of amidine groups is 1. The molecule has 9 nitrogen and oxygen atoms in total. The van der Waals surface area contributed by atoms with Crippen LogP contribution < -0.4 is 11.1 Å². The lowest BCUT2D eigenvalue weighted by molar-refractivity contribution is -0.129. The Kier molecular flexibility index (Phi) is 11.8. The van der Waals surface area contributed by atoms with Crippen molar-refractivity contribution in [2.45, 2.75) is 64.7 Å². The van der Waals surface area contributed by atoms with Crippen LogP contribution in [0.5, 0.6) is 0 Å². The molecular formula is C41H50N6O3. The topological polar surface area (TPSA) is 130 Å². The maximum atomic E-state index is 13.8. The van der Waals surface area contributed by atoms with E-state index in [0.29, 0.717) is 49.4 Å². The molecule has 0 radical (unpaired) electrons. The van der Waals surface area contributed by atoms with Crippen LogP contribution in [-0.2, 0) is 16.0 Å². The molecule has 9 heteroatoms. The van der Waals surface area contributed by atoms with E-state index in [4.69, 9.17) is 5.73 Å². The van der Waals surface area contributed by atoms with Crippen LogP contribution in [0.3, 0.4) is 0 Å². The zero-order valence-electron chi connectivity index (χ0n) is 29.4. The Morgan fingerprint density at radius 3 is 2.32 bits per heavy atom. The molecule has 0 spiro atoms. The van der Waals surface area contributed by atoms with Gasteiger partial charge in [-0.1, -0.05) is 36.4 Å². The second-order valence-electron chi connectivity index (χ2n) is 14.6. The summed E-state index contributed by atoms with van der Waals surface area (Å²) in [6.45, 7) is 5.15. The molecule has 262 valence electrons. The van der Waals surface area contributed by atoms with Crippen LogP contribution in [0.4, 0.5) is 5.69 Å². The second-order valence-corrected chi connectivity index (χ2v) is 14.6. The SMILES string of the molecule is Cc1cc(C(=O)C[C@H]2CCCN(C)C2)ccc1-c1ccc(CC(CC(=O)C2CCC(CN)CC2)C(=O)Nc2ccc(C3=NCN=N3)cc2)cc1. The minimum atomic E-state index is -0.510. The van der Waals surface area contributed by atoms with E-state index in [2.05, 4.69) is 63.7 Å². The normalized spacial score (nSPS) is 21.4. The predicted octanol–water partition coefficient (Wildman–Crippen LogP) is 7.27. The fourth-order valence-corrected chi connectivity index (χ4v) is 7.80. The number of azo groups is 1. The van der Waals surface area contributed by atoms with Crippen molar-refractivity contribution >= 4 is 29.0 Å². The molecule has 2 heterocycles. The summed E-state index contributed by atoms with van der Waals surface area (Å²) in [6, 6.07) is 21.7. The van der Waals surface area contributed by atoms with Crippen LogP contribution in [-0.4, -0.2) is 61.6 Å². The quantitative estimate of drug-likeness (QED) is 0.184. The summed E-state index contributed by atoms with van der Waals surface area (Å²) in [6.07, 6.45) is 7.13. The minimum Gasteiger partial charge on any atom is -0.330 e. The van der Waals surface area contributed by atoms with Crippen molar-refractivity contribution in [2.24, 2.45) is 44.6 Å². The van der Waals surface area contributed by atoms with E-state index in [0.717, 1.165) is 85.0 Å². The number of anilines is 1. The number of nitrogens with zero attached hydrogens (tertiary/aromatic N) is 4. The first-order chi connectivity index (χ1) is 24.2. The van der Waals surface area contributed by atoms with Gasteiger partial charge < -0.3 is 16.0 Å². The highest BCUT2D eigenvalue weighted by Crippen LogP contribution is 2.32. The summed E-state index contributed by atoms with van der Waals surface area (Å²) in [5, 5.41) is 11.0. The number of benzene rings is 3. The van der Waals surface area contributed by atoms with Gasteiger partial charge in [-0.2, -0.15) is 5.11 Å². The number of piperidine rings is 1. The Hall–Kier alpha value is -4.34. The molecule has 1 unspecified atom stereocenters. The Bertz CT molecular complexity index is 1720. The number of carbonyl (C=O) groups is 3. The van der Waals surface area contributed by atoms with Crippen LogP contribution in [0.25, 0.3) is 11.1 Å². The number of ketones is 2. The fraction of sp³-hybridized carbons (Fsp3) is 0.463.